The van der Waals surface area contributed by atoms with Crippen molar-refractivity contribution < 1.29 is 9.72 Å². The van der Waals surface area contributed by atoms with Crippen molar-refractivity contribution in [3.63, 3.8) is 0 Å². The summed E-state index contributed by atoms with van der Waals surface area (Å²) in [4.78, 5) is 24.8. The summed E-state index contributed by atoms with van der Waals surface area (Å²) in [6, 6.07) is 12.2. The fourth-order valence-electron chi connectivity index (χ4n) is 3.05. The molecule has 1 amide bonds. The lowest BCUT2D eigenvalue weighted by Gasteiger charge is -2.19. The average Bonchev–Trinajstić information content (AvgIpc) is 3.16. The van der Waals surface area contributed by atoms with Crippen LogP contribution in [0.25, 0.3) is 6.08 Å². The largest absolute Gasteiger partial charge is 0.372 e. The Hall–Kier alpha value is -3.15. The van der Waals surface area contributed by atoms with Gasteiger partial charge in [-0.15, -0.1) is 0 Å². The Morgan fingerprint density at radius 1 is 1.19 bits per heavy atom. The van der Waals surface area contributed by atoms with Crippen molar-refractivity contribution in [2.45, 2.75) is 19.8 Å². The fraction of sp³-hybridized carbons (Fsp3) is 0.250. The van der Waals surface area contributed by atoms with E-state index in [1.165, 1.54) is 36.7 Å². The van der Waals surface area contributed by atoms with Crippen LogP contribution in [0.5, 0.6) is 0 Å². The van der Waals surface area contributed by atoms with Crippen molar-refractivity contribution in [2.75, 3.05) is 23.3 Å². The van der Waals surface area contributed by atoms with Gasteiger partial charge in [-0.25, -0.2) is 0 Å². The molecule has 1 fully saturated rings. The van der Waals surface area contributed by atoms with E-state index in [9.17, 15) is 14.9 Å². The quantitative estimate of drug-likeness (QED) is 0.499. The van der Waals surface area contributed by atoms with Gasteiger partial charge in [-0.1, -0.05) is 12.1 Å². The van der Waals surface area contributed by atoms with Gasteiger partial charge < -0.3 is 10.2 Å². The van der Waals surface area contributed by atoms with Crippen LogP contribution in [0, 0.1) is 17.0 Å². The Morgan fingerprint density at radius 2 is 1.96 bits per heavy atom. The highest BCUT2D eigenvalue weighted by molar-refractivity contribution is 6.02. The third-order valence-corrected chi connectivity index (χ3v) is 4.45. The molecule has 0 unspecified atom stereocenters. The highest BCUT2D eigenvalue weighted by Crippen LogP contribution is 2.25. The molecule has 3 rings (SSSR count). The van der Waals surface area contributed by atoms with Crippen molar-refractivity contribution in [1.82, 2.24) is 0 Å². The van der Waals surface area contributed by atoms with Gasteiger partial charge in [-0.05, 0) is 55.2 Å². The maximum absolute atomic E-state index is 12.2. The predicted octanol–water partition coefficient (Wildman–Crippen LogP) is 4.16. The van der Waals surface area contributed by atoms with Gasteiger partial charge >= 0.3 is 0 Å². The van der Waals surface area contributed by atoms with E-state index in [0.29, 0.717) is 5.56 Å². The zero-order valence-electron chi connectivity index (χ0n) is 14.6. The van der Waals surface area contributed by atoms with Crippen molar-refractivity contribution in [3.05, 3.63) is 69.8 Å². The van der Waals surface area contributed by atoms with Crippen molar-refractivity contribution in [1.29, 1.82) is 0 Å². The van der Waals surface area contributed by atoms with Crippen molar-refractivity contribution in [2.24, 2.45) is 0 Å². The number of hydrogen-bond donors (Lipinski definition) is 1. The lowest BCUT2D eigenvalue weighted by molar-refractivity contribution is -0.384. The smallest absolute Gasteiger partial charge is 0.270 e. The van der Waals surface area contributed by atoms with Crippen LogP contribution in [0.1, 0.15) is 24.0 Å². The standard InChI is InChI=1S/C20H21N3O3/c1-15-13-17(22-11-2-3-12-22)8-9-19(15)21-20(24)10-7-16-5-4-6-18(14-16)23(25)26/h4-10,13-14H,2-3,11-12H2,1H3,(H,21,24)/b10-7+. The first-order valence-corrected chi connectivity index (χ1v) is 8.62. The van der Waals surface area contributed by atoms with E-state index in [-0.39, 0.29) is 11.6 Å². The molecule has 134 valence electrons. The number of carbonyl (C=O) groups excluding carboxylic acids is 1. The molecule has 26 heavy (non-hydrogen) atoms. The van der Waals surface area contributed by atoms with Crippen LogP contribution in [0.4, 0.5) is 17.1 Å². The van der Waals surface area contributed by atoms with Gasteiger partial charge in [0.25, 0.3) is 5.69 Å². The van der Waals surface area contributed by atoms with Gasteiger partial charge in [-0.2, -0.15) is 0 Å². The molecule has 0 spiro atoms. The zero-order chi connectivity index (χ0) is 18.5. The molecular formula is C20H21N3O3. The summed E-state index contributed by atoms with van der Waals surface area (Å²) in [5.74, 6) is -0.270. The molecule has 2 aromatic carbocycles. The number of non-ortho nitro benzene ring substituents is 1. The minimum absolute atomic E-state index is 0.000837. The molecule has 0 saturated carbocycles. The van der Waals surface area contributed by atoms with Crippen LogP contribution in [0.15, 0.2) is 48.5 Å². The predicted molar refractivity (Wildman–Crippen MR) is 103 cm³/mol. The van der Waals surface area contributed by atoms with E-state index < -0.39 is 4.92 Å². The number of aryl methyl sites for hydroxylation is 1. The molecule has 6 heteroatoms. The van der Waals surface area contributed by atoms with Gasteiger partial charge in [0.1, 0.15) is 0 Å². The molecule has 1 aliphatic rings. The molecule has 1 heterocycles. The number of nitrogens with zero attached hydrogens (tertiary/aromatic N) is 2. The number of amides is 1. The summed E-state index contributed by atoms with van der Waals surface area (Å²) in [6.07, 6.45) is 5.39. The first-order valence-electron chi connectivity index (χ1n) is 8.62. The van der Waals surface area contributed by atoms with Gasteiger partial charge in [0.05, 0.1) is 4.92 Å². The summed E-state index contributed by atoms with van der Waals surface area (Å²) < 4.78 is 0. The van der Waals surface area contributed by atoms with Gasteiger partial charge in [0.2, 0.25) is 5.91 Å². The van der Waals surface area contributed by atoms with E-state index in [1.54, 1.807) is 18.2 Å². The first kappa shape index (κ1) is 17.7. The summed E-state index contributed by atoms with van der Waals surface area (Å²) in [5, 5.41) is 13.6. The molecule has 0 radical (unpaired) electrons. The minimum Gasteiger partial charge on any atom is -0.372 e. The Kier molecular flexibility index (Phi) is 5.31. The summed E-state index contributed by atoms with van der Waals surface area (Å²) in [5.41, 5.74) is 3.56. The van der Waals surface area contributed by atoms with Crippen LogP contribution < -0.4 is 10.2 Å². The topological polar surface area (TPSA) is 75.5 Å². The monoisotopic (exact) mass is 351 g/mol. The molecule has 0 aliphatic carbocycles. The van der Waals surface area contributed by atoms with E-state index in [1.807, 2.05) is 19.1 Å². The number of benzene rings is 2. The second kappa shape index (κ2) is 7.82. The maximum Gasteiger partial charge on any atom is 0.270 e. The fourth-order valence-corrected chi connectivity index (χ4v) is 3.05. The van der Waals surface area contributed by atoms with E-state index in [2.05, 4.69) is 16.3 Å². The van der Waals surface area contributed by atoms with Gasteiger partial charge in [0, 0.05) is 42.7 Å². The SMILES string of the molecule is Cc1cc(N2CCCC2)ccc1NC(=O)/C=C/c1cccc([N+](=O)[O-])c1. The van der Waals surface area contributed by atoms with Crippen LogP contribution in [0.2, 0.25) is 0 Å². The Bertz CT molecular complexity index is 855. The molecule has 0 aromatic heterocycles. The van der Waals surface area contributed by atoms with E-state index >= 15 is 0 Å². The average molecular weight is 351 g/mol. The number of hydrogen-bond acceptors (Lipinski definition) is 4. The van der Waals surface area contributed by atoms with Crippen molar-refractivity contribution >= 4 is 29.0 Å². The second-order valence-corrected chi connectivity index (χ2v) is 6.37. The molecule has 6 nitrogen and oxygen atoms in total. The Labute approximate surface area is 152 Å². The van der Waals surface area contributed by atoms with Crippen LogP contribution in [-0.4, -0.2) is 23.9 Å². The third-order valence-electron chi connectivity index (χ3n) is 4.45. The third kappa shape index (κ3) is 4.27. The lowest BCUT2D eigenvalue weighted by Crippen LogP contribution is -2.18. The normalized spacial score (nSPS) is 14.0. The molecule has 2 aromatic rings. The summed E-state index contributed by atoms with van der Waals surface area (Å²) in [6.45, 7) is 4.13. The second-order valence-electron chi connectivity index (χ2n) is 6.37. The Morgan fingerprint density at radius 3 is 2.65 bits per heavy atom. The number of nitrogens with one attached hydrogen (secondary N) is 1. The molecule has 1 aliphatic heterocycles. The number of rotatable bonds is 5. The molecule has 0 bridgehead atoms. The molecular weight excluding hydrogens is 330 g/mol. The number of carbonyl (C=O) groups is 1. The molecule has 1 saturated heterocycles. The highest BCUT2D eigenvalue weighted by atomic mass is 16.6. The highest BCUT2D eigenvalue weighted by Gasteiger charge is 2.13. The first-order chi connectivity index (χ1) is 12.5. The van der Waals surface area contributed by atoms with Crippen molar-refractivity contribution in [3.8, 4) is 0 Å². The minimum atomic E-state index is -0.456. The molecule has 0 atom stereocenters. The maximum atomic E-state index is 12.2. The number of nitro benzene ring substituents is 1. The van der Waals surface area contributed by atoms with Crippen LogP contribution in [-0.2, 0) is 4.79 Å². The lowest BCUT2D eigenvalue weighted by atomic mass is 10.1. The summed E-state index contributed by atoms with van der Waals surface area (Å²) >= 11 is 0. The number of anilines is 2. The van der Waals surface area contributed by atoms with Gasteiger partial charge in [-0.3, -0.25) is 14.9 Å². The van der Waals surface area contributed by atoms with Crippen LogP contribution >= 0.6 is 0 Å². The zero-order valence-corrected chi connectivity index (χ0v) is 14.6. The Balaban J connectivity index is 1.66. The van der Waals surface area contributed by atoms with E-state index in [0.717, 1.165) is 24.3 Å². The van der Waals surface area contributed by atoms with E-state index in [4.69, 9.17) is 0 Å². The van der Waals surface area contributed by atoms with Crippen LogP contribution in [0.3, 0.4) is 0 Å². The summed E-state index contributed by atoms with van der Waals surface area (Å²) in [7, 11) is 0. The van der Waals surface area contributed by atoms with Gasteiger partial charge in [0.15, 0.2) is 0 Å². The number of nitro groups is 1. The molecule has 1 N–H and O–H groups in total.